The van der Waals surface area contributed by atoms with Gasteiger partial charge in [-0.2, -0.15) is 0 Å². The summed E-state index contributed by atoms with van der Waals surface area (Å²) in [6.45, 7) is 0. The molecule has 0 aliphatic heterocycles. The molecule has 5 heteroatoms. The molecule has 0 bridgehead atoms. The van der Waals surface area contributed by atoms with Gasteiger partial charge in [0.2, 0.25) is 7.28 Å². The van der Waals surface area contributed by atoms with Gasteiger partial charge >= 0.3 is 0 Å². The first-order chi connectivity index (χ1) is 5.85. The minimum Gasteiger partial charge on any atom is -0.412 e. The van der Waals surface area contributed by atoms with Crippen LogP contribution in [0.15, 0.2) is 30.3 Å². The van der Waals surface area contributed by atoms with Gasteiger partial charge in [-0.15, -0.1) is 0 Å². The minimum atomic E-state index is 0. The van der Waals surface area contributed by atoms with Crippen molar-refractivity contribution in [1.29, 1.82) is 0 Å². The van der Waals surface area contributed by atoms with Crippen LogP contribution in [0, 0.1) is 0 Å². The molecule has 0 aromatic heterocycles. The van der Waals surface area contributed by atoms with Crippen molar-refractivity contribution in [2.45, 2.75) is 0 Å². The molecule has 1 rings (SSSR count). The summed E-state index contributed by atoms with van der Waals surface area (Å²) < 4.78 is 0. The molecule has 0 aliphatic rings. The molecule has 0 heterocycles. The summed E-state index contributed by atoms with van der Waals surface area (Å²) in [6, 6.07) is 9.48. The molecule has 14 heavy (non-hydrogen) atoms. The summed E-state index contributed by atoms with van der Waals surface area (Å²) in [7, 11) is 5.28. The molecule has 1 aromatic carbocycles. The molecule has 0 unspecified atom stereocenters. The van der Waals surface area contributed by atoms with Crippen molar-refractivity contribution in [3.8, 4) is 0 Å². The molecule has 4 nitrogen and oxygen atoms in total. The lowest BCUT2D eigenvalue weighted by Crippen LogP contribution is -2.13. The molecule has 0 spiro atoms. The molecule has 79 valence electrons. The van der Waals surface area contributed by atoms with E-state index in [2.05, 4.69) is 5.32 Å². The Morgan fingerprint density at radius 3 is 1.93 bits per heavy atom. The fraction of sp³-hybridized carbons (Fsp3) is 0.222. The third-order valence-corrected chi connectivity index (χ3v) is 1.06. The summed E-state index contributed by atoms with van der Waals surface area (Å²) >= 11 is 0. The van der Waals surface area contributed by atoms with Crippen LogP contribution < -0.4 is 10.8 Å². The highest BCUT2D eigenvalue weighted by Gasteiger charge is 1.88. The average Bonchev–Trinajstić information content (AvgIpc) is 2.08. The molecule has 1 aromatic rings. The molecule has 0 fully saturated rings. The monoisotopic (exact) mass is 198 g/mol. The van der Waals surface area contributed by atoms with Crippen LogP contribution in [-0.2, 0) is 4.79 Å². The molecule has 1 radical (unpaired) electrons. The van der Waals surface area contributed by atoms with Gasteiger partial charge < -0.3 is 21.1 Å². The number of nitrogens with one attached hydrogen (secondary N) is 1. The second-order valence-corrected chi connectivity index (χ2v) is 2.21. The van der Waals surface area contributed by atoms with Crippen molar-refractivity contribution in [2.75, 3.05) is 14.1 Å². The highest BCUT2D eigenvalue weighted by Crippen LogP contribution is 1.78. The standard InChI is InChI=1S/C7H6BO.C2H7N.2H2O/c9-6-8-7-4-2-1-3-5-7;1-3-2;;/h1-6H;3H,1-2H3;2*1H2. The van der Waals surface area contributed by atoms with Gasteiger partial charge in [0.05, 0.1) is 6.19 Å². The van der Waals surface area contributed by atoms with E-state index in [4.69, 9.17) is 0 Å². The Balaban J connectivity index is -0.000000218. The van der Waals surface area contributed by atoms with E-state index >= 15 is 0 Å². The Kier molecular flexibility index (Phi) is 19.1. The second-order valence-electron chi connectivity index (χ2n) is 2.21. The maximum Gasteiger partial charge on any atom is 0.236 e. The molecule has 5 N–H and O–H groups in total. The van der Waals surface area contributed by atoms with Crippen LogP contribution in [0.25, 0.3) is 0 Å². The van der Waals surface area contributed by atoms with Crippen molar-refractivity contribution < 1.29 is 15.7 Å². The summed E-state index contributed by atoms with van der Waals surface area (Å²) in [5, 5.41) is 2.75. The number of rotatable bonds is 2. The topological polar surface area (TPSA) is 92.1 Å². The zero-order chi connectivity index (χ0) is 9.23. The summed E-state index contributed by atoms with van der Waals surface area (Å²) in [4.78, 5) is 9.92. The number of hydrogen-bond acceptors (Lipinski definition) is 2. The predicted molar refractivity (Wildman–Crippen MR) is 60.8 cm³/mol. The highest BCUT2D eigenvalue weighted by atomic mass is 16.1. The van der Waals surface area contributed by atoms with Crippen LogP contribution >= 0.6 is 0 Å². The third-order valence-electron chi connectivity index (χ3n) is 1.06. The smallest absolute Gasteiger partial charge is 0.236 e. The lowest BCUT2D eigenvalue weighted by atomic mass is 9.73. The Labute approximate surface area is 85.2 Å². The van der Waals surface area contributed by atoms with E-state index in [0.29, 0.717) is 0 Å². The van der Waals surface area contributed by atoms with Gasteiger partial charge in [0.15, 0.2) is 0 Å². The molecule has 0 saturated carbocycles. The quantitative estimate of drug-likeness (QED) is 0.457. The number of benzene rings is 1. The van der Waals surface area contributed by atoms with Gasteiger partial charge in [-0.3, -0.25) is 0 Å². The van der Waals surface area contributed by atoms with Crippen LogP contribution in [-0.4, -0.2) is 38.5 Å². The van der Waals surface area contributed by atoms with Gasteiger partial charge in [0.25, 0.3) is 0 Å². The van der Waals surface area contributed by atoms with E-state index in [1.165, 1.54) is 7.28 Å². The van der Waals surface area contributed by atoms with Crippen molar-refractivity contribution in [2.24, 2.45) is 0 Å². The summed E-state index contributed by atoms with van der Waals surface area (Å²) in [5.74, 6) is 0. The number of carbonyl (C=O) groups excluding carboxylic acids is 1. The van der Waals surface area contributed by atoms with Crippen LogP contribution in [0.5, 0.6) is 0 Å². The van der Waals surface area contributed by atoms with Gasteiger partial charge in [-0.1, -0.05) is 35.8 Å². The third kappa shape index (κ3) is 10.8. The van der Waals surface area contributed by atoms with Gasteiger partial charge in [0, 0.05) is 0 Å². The first-order valence-corrected chi connectivity index (χ1v) is 3.77. The fourth-order valence-electron chi connectivity index (χ4n) is 0.643. The molecule has 0 saturated heterocycles. The molecule has 0 atom stereocenters. The van der Waals surface area contributed by atoms with Crippen LogP contribution in [0.1, 0.15) is 0 Å². The molecular formula is C9H17BNO3. The first-order valence-electron chi connectivity index (χ1n) is 3.77. The Morgan fingerprint density at radius 2 is 1.57 bits per heavy atom. The second kappa shape index (κ2) is 14.4. The number of carbonyl (C=O) groups is 1. The molecule has 0 amide bonds. The van der Waals surface area contributed by atoms with Crippen molar-refractivity contribution in [3.63, 3.8) is 0 Å². The summed E-state index contributed by atoms with van der Waals surface area (Å²) in [6.07, 6.45) is 0.787. The maximum absolute atomic E-state index is 9.92. The van der Waals surface area contributed by atoms with Gasteiger partial charge in [0.1, 0.15) is 0 Å². The largest absolute Gasteiger partial charge is 0.412 e. The highest BCUT2D eigenvalue weighted by molar-refractivity contribution is 6.78. The van der Waals surface area contributed by atoms with Crippen molar-refractivity contribution in [1.82, 2.24) is 5.32 Å². The minimum absolute atomic E-state index is 0. The lowest BCUT2D eigenvalue weighted by molar-refractivity contribution is 0.568. The summed E-state index contributed by atoms with van der Waals surface area (Å²) in [5.41, 5.74) is 0.951. The van der Waals surface area contributed by atoms with Gasteiger partial charge in [-0.25, -0.2) is 0 Å². The molecular weight excluding hydrogens is 181 g/mol. The van der Waals surface area contributed by atoms with E-state index in [1.54, 1.807) is 0 Å². The zero-order valence-corrected chi connectivity index (χ0v) is 8.45. The van der Waals surface area contributed by atoms with E-state index in [1.807, 2.05) is 44.4 Å². The Morgan fingerprint density at radius 1 is 1.14 bits per heavy atom. The van der Waals surface area contributed by atoms with Crippen molar-refractivity contribution in [3.05, 3.63) is 30.3 Å². The first kappa shape index (κ1) is 18.6. The SMILES string of the molecule is CNC.O.O.O=C[B]c1ccccc1. The maximum atomic E-state index is 9.92. The lowest BCUT2D eigenvalue weighted by Gasteiger charge is -1.87. The molecule has 0 aliphatic carbocycles. The van der Waals surface area contributed by atoms with Crippen molar-refractivity contribution >= 4 is 18.9 Å². The van der Waals surface area contributed by atoms with E-state index in [0.717, 1.165) is 11.6 Å². The van der Waals surface area contributed by atoms with E-state index in [9.17, 15) is 4.79 Å². The van der Waals surface area contributed by atoms with E-state index < -0.39 is 0 Å². The number of hydrogen-bond donors (Lipinski definition) is 1. The Bertz CT molecular complexity index is 206. The zero-order valence-electron chi connectivity index (χ0n) is 8.45. The van der Waals surface area contributed by atoms with E-state index in [-0.39, 0.29) is 11.0 Å². The Hall–Kier alpha value is -1.17. The average molecular weight is 198 g/mol. The normalized spacial score (nSPS) is 6.71. The fourth-order valence-corrected chi connectivity index (χ4v) is 0.643. The van der Waals surface area contributed by atoms with Gasteiger partial charge in [-0.05, 0) is 14.1 Å². The van der Waals surface area contributed by atoms with Crippen LogP contribution in [0.2, 0.25) is 0 Å². The van der Waals surface area contributed by atoms with Crippen LogP contribution in [0.3, 0.4) is 0 Å². The van der Waals surface area contributed by atoms with Crippen LogP contribution in [0.4, 0.5) is 0 Å². The predicted octanol–water partition coefficient (Wildman–Crippen LogP) is -1.61.